The van der Waals surface area contributed by atoms with Crippen LogP contribution in [-0.2, 0) is 4.79 Å². The Hall–Kier alpha value is -3.55. The number of pyridine rings is 1. The van der Waals surface area contributed by atoms with Crippen molar-refractivity contribution in [2.75, 3.05) is 5.32 Å². The third-order valence-electron chi connectivity index (χ3n) is 5.10. The number of benzene rings is 2. The second-order valence-corrected chi connectivity index (χ2v) is 8.93. The molecule has 2 aromatic heterocycles. The summed E-state index contributed by atoms with van der Waals surface area (Å²) in [7, 11) is 0. The second-order valence-electron chi connectivity index (χ2n) is 7.47. The van der Waals surface area contributed by atoms with Crippen molar-refractivity contribution in [3.05, 3.63) is 88.0 Å². The van der Waals surface area contributed by atoms with Gasteiger partial charge in [0.1, 0.15) is 10.8 Å². The van der Waals surface area contributed by atoms with Crippen LogP contribution in [0.3, 0.4) is 0 Å². The molecule has 4 rings (SSSR count). The molecule has 1 amide bonds. The van der Waals surface area contributed by atoms with Crippen LogP contribution in [0.4, 0.5) is 5.82 Å². The van der Waals surface area contributed by atoms with E-state index < -0.39 is 5.97 Å². The lowest BCUT2D eigenvalue weighted by molar-refractivity contribution is -0.114. The lowest BCUT2D eigenvalue weighted by Crippen LogP contribution is -2.07. The number of aromatic nitrogens is 2. The van der Waals surface area contributed by atoms with Gasteiger partial charge >= 0.3 is 5.97 Å². The number of carbonyl (C=O) groups excluding carboxylic acids is 1. The highest BCUT2D eigenvalue weighted by Crippen LogP contribution is 2.42. The van der Waals surface area contributed by atoms with Crippen LogP contribution >= 0.6 is 22.9 Å². The molecule has 0 radical (unpaired) electrons. The second kappa shape index (κ2) is 9.52. The molecule has 8 heteroatoms. The number of hydrogen-bond donors (Lipinski definition) is 2. The Bertz CT molecular complexity index is 1350. The van der Waals surface area contributed by atoms with E-state index in [4.69, 9.17) is 16.6 Å². The Morgan fingerprint density at radius 3 is 2.58 bits per heavy atom. The monoisotopic (exact) mass is 477 g/mol. The van der Waals surface area contributed by atoms with Crippen molar-refractivity contribution in [1.29, 1.82) is 0 Å². The molecule has 0 aliphatic heterocycles. The van der Waals surface area contributed by atoms with Gasteiger partial charge in [0.15, 0.2) is 0 Å². The molecule has 2 aromatic carbocycles. The molecular weight excluding hydrogens is 458 g/mol. The molecule has 2 heterocycles. The van der Waals surface area contributed by atoms with Crippen LogP contribution in [0.1, 0.15) is 40.7 Å². The summed E-state index contributed by atoms with van der Waals surface area (Å²) in [4.78, 5) is 33.3. The van der Waals surface area contributed by atoms with Crippen molar-refractivity contribution in [3.8, 4) is 21.7 Å². The Balaban J connectivity index is 1.87. The van der Waals surface area contributed by atoms with E-state index in [0.29, 0.717) is 16.4 Å². The summed E-state index contributed by atoms with van der Waals surface area (Å²) in [6.45, 7) is 3.37. The van der Waals surface area contributed by atoms with Gasteiger partial charge in [-0.2, -0.15) is 0 Å². The Morgan fingerprint density at radius 2 is 1.85 bits per heavy atom. The standard InChI is InChI=1S/C25H20ClN3O3S/c1-14(19-8-3-4-9-20(19)25(31)32)24-29-22(16-6-5-7-18(26)12-16)23(33-24)17-10-11-27-21(13-17)28-15(2)30/h3-14H,1-2H3,(H,31,32)(H,27,28,30). The molecular formula is C25H20ClN3O3S. The minimum atomic E-state index is -0.974. The van der Waals surface area contributed by atoms with Gasteiger partial charge in [0.2, 0.25) is 5.91 Å². The van der Waals surface area contributed by atoms with E-state index in [0.717, 1.165) is 26.7 Å². The van der Waals surface area contributed by atoms with Gasteiger partial charge in [-0.15, -0.1) is 11.3 Å². The van der Waals surface area contributed by atoms with E-state index in [1.807, 2.05) is 43.3 Å². The highest BCUT2D eigenvalue weighted by atomic mass is 35.5. The molecule has 0 spiro atoms. The summed E-state index contributed by atoms with van der Waals surface area (Å²) < 4.78 is 0. The van der Waals surface area contributed by atoms with Crippen LogP contribution in [0, 0.1) is 0 Å². The third kappa shape index (κ3) is 4.94. The largest absolute Gasteiger partial charge is 0.478 e. The number of thiazole rings is 1. The number of carboxylic acid groups (broad SMARTS) is 1. The average molecular weight is 478 g/mol. The fourth-order valence-corrected chi connectivity index (χ4v) is 4.92. The maximum atomic E-state index is 11.8. The molecule has 166 valence electrons. The molecule has 1 atom stereocenters. The number of hydrogen-bond acceptors (Lipinski definition) is 5. The van der Waals surface area contributed by atoms with Crippen molar-refractivity contribution >= 4 is 40.6 Å². The highest BCUT2D eigenvalue weighted by Gasteiger charge is 2.23. The number of nitrogens with zero attached hydrogens (tertiary/aromatic N) is 2. The molecule has 4 aromatic rings. The van der Waals surface area contributed by atoms with Gasteiger partial charge in [0.05, 0.1) is 16.1 Å². The van der Waals surface area contributed by atoms with Gasteiger partial charge in [0, 0.05) is 29.6 Å². The van der Waals surface area contributed by atoms with Crippen LogP contribution in [0.5, 0.6) is 0 Å². The van der Waals surface area contributed by atoms with E-state index in [-0.39, 0.29) is 17.4 Å². The van der Waals surface area contributed by atoms with Gasteiger partial charge < -0.3 is 10.4 Å². The van der Waals surface area contributed by atoms with Crippen molar-refractivity contribution in [2.45, 2.75) is 19.8 Å². The number of nitrogens with one attached hydrogen (secondary N) is 1. The topological polar surface area (TPSA) is 92.2 Å². The van der Waals surface area contributed by atoms with Crippen LogP contribution in [0.15, 0.2) is 66.9 Å². The third-order valence-corrected chi connectivity index (χ3v) is 6.62. The van der Waals surface area contributed by atoms with Crippen molar-refractivity contribution in [2.24, 2.45) is 0 Å². The highest BCUT2D eigenvalue weighted by molar-refractivity contribution is 7.15. The van der Waals surface area contributed by atoms with E-state index in [1.54, 1.807) is 30.5 Å². The van der Waals surface area contributed by atoms with E-state index in [1.165, 1.54) is 18.3 Å². The molecule has 6 nitrogen and oxygen atoms in total. The first kappa shape index (κ1) is 22.6. The quantitative estimate of drug-likeness (QED) is 0.338. The number of carboxylic acids is 1. The van der Waals surface area contributed by atoms with E-state index in [9.17, 15) is 14.7 Å². The number of rotatable bonds is 6. The lowest BCUT2D eigenvalue weighted by atomic mass is 9.96. The van der Waals surface area contributed by atoms with Gasteiger partial charge in [-0.05, 0) is 41.5 Å². The molecule has 2 N–H and O–H groups in total. The van der Waals surface area contributed by atoms with Crippen molar-refractivity contribution in [1.82, 2.24) is 9.97 Å². The number of anilines is 1. The van der Waals surface area contributed by atoms with Gasteiger partial charge in [-0.25, -0.2) is 14.8 Å². The molecule has 33 heavy (non-hydrogen) atoms. The predicted molar refractivity (Wildman–Crippen MR) is 131 cm³/mol. The van der Waals surface area contributed by atoms with Gasteiger partial charge in [-0.1, -0.05) is 48.9 Å². The summed E-state index contributed by atoms with van der Waals surface area (Å²) in [5.74, 6) is -0.987. The molecule has 0 aliphatic carbocycles. The maximum Gasteiger partial charge on any atom is 0.335 e. The first-order valence-electron chi connectivity index (χ1n) is 10.2. The van der Waals surface area contributed by atoms with Crippen LogP contribution < -0.4 is 5.32 Å². The molecule has 0 saturated carbocycles. The fraction of sp³-hybridized carbons (Fsp3) is 0.120. The Kier molecular flexibility index (Phi) is 6.53. The van der Waals surface area contributed by atoms with Gasteiger partial charge in [-0.3, -0.25) is 4.79 Å². The Morgan fingerprint density at radius 1 is 1.06 bits per heavy atom. The molecule has 0 saturated heterocycles. The zero-order valence-corrected chi connectivity index (χ0v) is 19.4. The summed E-state index contributed by atoms with van der Waals surface area (Å²) in [5.41, 5.74) is 3.36. The van der Waals surface area contributed by atoms with Crippen LogP contribution in [0.2, 0.25) is 5.02 Å². The summed E-state index contributed by atoms with van der Waals surface area (Å²) >= 11 is 7.73. The SMILES string of the molecule is CC(=O)Nc1cc(-c2sc(C(C)c3ccccc3C(=O)O)nc2-c2cccc(Cl)c2)ccn1. The normalized spacial score (nSPS) is 11.7. The number of halogens is 1. The first-order chi connectivity index (χ1) is 15.8. The predicted octanol–water partition coefficient (Wildman–Crippen LogP) is 6.33. The smallest absolute Gasteiger partial charge is 0.335 e. The fourth-order valence-electron chi connectivity index (χ4n) is 3.57. The number of carbonyl (C=O) groups is 2. The van der Waals surface area contributed by atoms with E-state index in [2.05, 4.69) is 10.3 Å². The molecule has 0 aliphatic rings. The summed E-state index contributed by atoms with van der Waals surface area (Å²) in [6, 6.07) is 18.0. The maximum absolute atomic E-state index is 11.8. The van der Waals surface area contributed by atoms with Crippen molar-refractivity contribution < 1.29 is 14.7 Å². The van der Waals surface area contributed by atoms with Crippen LogP contribution in [-0.4, -0.2) is 27.0 Å². The molecule has 1 unspecified atom stereocenters. The minimum Gasteiger partial charge on any atom is -0.478 e. The van der Waals surface area contributed by atoms with Gasteiger partial charge in [0.25, 0.3) is 0 Å². The molecule has 0 fully saturated rings. The lowest BCUT2D eigenvalue weighted by Gasteiger charge is -2.11. The Labute approximate surface area is 199 Å². The zero-order valence-electron chi connectivity index (χ0n) is 17.9. The number of amides is 1. The number of aromatic carboxylic acids is 1. The average Bonchev–Trinajstić information content (AvgIpc) is 3.24. The molecule has 0 bridgehead atoms. The summed E-state index contributed by atoms with van der Waals surface area (Å²) in [5, 5.41) is 13.7. The van der Waals surface area contributed by atoms with Crippen LogP contribution in [0.25, 0.3) is 21.7 Å². The summed E-state index contributed by atoms with van der Waals surface area (Å²) in [6.07, 6.45) is 1.63. The minimum absolute atomic E-state index is 0.210. The zero-order chi connectivity index (χ0) is 23.5. The van der Waals surface area contributed by atoms with E-state index >= 15 is 0 Å². The first-order valence-corrected chi connectivity index (χ1v) is 11.4. The van der Waals surface area contributed by atoms with Crippen molar-refractivity contribution in [3.63, 3.8) is 0 Å².